The number of hydrazine groups is 1. The minimum Gasteiger partial charge on any atom is -0.317 e. The largest absolute Gasteiger partial charge is 0.317 e. The Morgan fingerprint density at radius 3 is 2.50 bits per heavy atom. The highest BCUT2D eigenvalue weighted by Gasteiger charge is 2.12. The molecule has 59 valence electrons. The van der Waals surface area contributed by atoms with Gasteiger partial charge in [0.15, 0.2) is 0 Å². The van der Waals surface area contributed by atoms with Crippen molar-refractivity contribution in [1.29, 1.82) is 0 Å². The first-order valence-corrected chi connectivity index (χ1v) is 3.97. The fraction of sp³-hybridized carbons (Fsp3) is 0.857. The number of hydrogen-bond acceptors (Lipinski definition) is 3. The van der Waals surface area contributed by atoms with Gasteiger partial charge in [-0.15, -0.1) is 0 Å². The summed E-state index contributed by atoms with van der Waals surface area (Å²) in [6.45, 7) is 0.503. The zero-order valence-corrected chi connectivity index (χ0v) is 6.32. The molecule has 3 heteroatoms. The summed E-state index contributed by atoms with van der Waals surface area (Å²) in [6, 6.07) is 1.41. The van der Waals surface area contributed by atoms with Gasteiger partial charge in [-0.25, -0.2) is 10.9 Å². The molecule has 1 radical (unpaired) electrons. The minimum absolute atomic E-state index is 0.503. The summed E-state index contributed by atoms with van der Waals surface area (Å²) in [5, 5.41) is 0. The lowest BCUT2D eigenvalue weighted by Gasteiger charge is -2.21. The molecule has 4 N–H and O–H groups in total. The van der Waals surface area contributed by atoms with Gasteiger partial charge in [-0.3, -0.25) is 0 Å². The number of rotatable bonds is 3. The van der Waals surface area contributed by atoms with Crippen LogP contribution < -0.4 is 16.6 Å². The Morgan fingerprint density at radius 1 is 1.20 bits per heavy atom. The second-order valence-corrected chi connectivity index (χ2v) is 2.67. The summed E-state index contributed by atoms with van der Waals surface area (Å²) >= 11 is 0. The fourth-order valence-corrected chi connectivity index (χ4v) is 1.28. The molecule has 0 saturated heterocycles. The van der Waals surface area contributed by atoms with Crippen molar-refractivity contribution in [3.05, 3.63) is 6.04 Å². The van der Waals surface area contributed by atoms with Crippen LogP contribution in [-0.4, -0.2) is 6.67 Å². The van der Waals surface area contributed by atoms with Crippen LogP contribution >= 0.6 is 0 Å². The Labute approximate surface area is 62.3 Å². The Balaban J connectivity index is 2.02. The van der Waals surface area contributed by atoms with Crippen molar-refractivity contribution in [3.63, 3.8) is 0 Å². The Bertz CT molecular complexity index is 78.9. The van der Waals surface area contributed by atoms with Gasteiger partial charge in [0.25, 0.3) is 0 Å². The first-order valence-electron chi connectivity index (χ1n) is 3.97. The third-order valence-electron chi connectivity index (χ3n) is 1.82. The van der Waals surface area contributed by atoms with E-state index in [1.165, 1.54) is 38.1 Å². The first-order chi connectivity index (χ1) is 4.93. The van der Waals surface area contributed by atoms with Crippen molar-refractivity contribution in [2.75, 3.05) is 6.67 Å². The molecule has 0 aliphatic heterocycles. The molecule has 0 aromatic rings. The lowest BCUT2D eigenvalue weighted by molar-refractivity contribution is 0.429. The van der Waals surface area contributed by atoms with Crippen molar-refractivity contribution in [2.24, 2.45) is 5.73 Å². The summed E-state index contributed by atoms with van der Waals surface area (Å²) in [7, 11) is 0. The molecule has 1 aliphatic carbocycles. The second-order valence-electron chi connectivity index (χ2n) is 2.67. The van der Waals surface area contributed by atoms with Crippen LogP contribution in [0.25, 0.3) is 0 Å². The van der Waals surface area contributed by atoms with Gasteiger partial charge in [0.1, 0.15) is 0 Å². The number of nitrogens with two attached hydrogens (primary N) is 1. The molecular weight excluding hydrogens is 126 g/mol. The van der Waals surface area contributed by atoms with Crippen LogP contribution in [0, 0.1) is 6.04 Å². The smallest absolute Gasteiger partial charge is 0.0564 e. The highest BCUT2D eigenvalue weighted by molar-refractivity contribution is 4.87. The van der Waals surface area contributed by atoms with Gasteiger partial charge in [0.05, 0.1) is 12.7 Å². The Kier molecular flexibility index (Phi) is 3.72. The van der Waals surface area contributed by atoms with Crippen molar-refractivity contribution in [1.82, 2.24) is 10.9 Å². The third kappa shape index (κ3) is 2.64. The molecule has 3 nitrogen and oxygen atoms in total. The molecule has 0 unspecified atom stereocenters. The molecule has 0 bridgehead atoms. The molecule has 1 saturated carbocycles. The van der Waals surface area contributed by atoms with E-state index in [4.69, 9.17) is 5.73 Å². The van der Waals surface area contributed by atoms with E-state index in [0.717, 1.165) is 0 Å². The van der Waals surface area contributed by atoms with Crippen molar-refractivity contribution >= 4 is 0 Å². The average Bonchev–Trinajstić information content (AvgIpc) is 2.03. The normalized spacial score (nSPS) is 21.3. The van der Waals surface area contributed by atoms with E-state index in [0.29, 0.717) is 6.67 Å². The maximum atomic E-state index is 5.26. The standard InChI is InChI=1S/C7H16N3/c8-6-9-10-7-4-2-1-3-5-7/h9-10H,1-6,8H2. The molecule has 1 fully saturated rings. The Morgan fingerprint density at radius 2 is 1.90 bits per heavy atom. The van der Waals surface area contributed by atoms with Gasteiger partial charge in [-0.1, -0.05) is 19.3 Å². The minimum atomic E-state index is 0.503. The van der Waals surface area contributed by atoms with Crippen LogP contribution in [-0.2, 0) is 0 Å². The zero-order chi connectivity index (χ0) is 7.23. The van der Waals surface area contributed by atoms with Crippen LogP contribution in [0.4, 0.5) is 0 Å². The van der Waals surface area contributed by atoms with E-state index in [2.05, 4.69) is 10.9 Å². The number of nitrogens with one attached hydrogen (secondary N) is 2. The van der Waals surface area contributed by atoms with E-state index in [9.17, 15) is 0 Å². The van der Waals surface area contributed by atoms with Crippen LogP contribution in [0.3, 0.4) is 0 Å². The lowest BCUT2D eigenvalue weighted by atomic mass is 9.96. The van der Waals surface area contributed by atoms with Crippen LogP contribution in [0.1, 0.15) is 32.1 Å². The van der Waals surface area contributed by atoms with Crippen LogP contribution in [0.5, 0.6) is 0 Å². The molecule has 0 amide bonds. The summed E-state index contributed by atoms with van der Waals surface area (Å²) in [5.41, 5.74) is 11.3. The quantitative estimate of drug-likeness (QED) is 0.397. The van der Waals surface area contributed by atoms with E-state index < -0.39 is 0 Å². The van der Waals surface area contributed by atoms with Crippen LogP contribution in [0.2, 0.25) is 0 Å². The van der Waals surface area contributed by atoms with Crippen molar-refractivity contribution in [3.8, 4) is 0 Å². The molecule has 1 rings (SSSR count). The molecule has 0 aromatic heterocycles. The lowest BCUT2D eigenvalue weighted by Crippen LogP contribution is -2.39. The summed E-state index contributed by atoms with van der Waals surface area (Å²) in [5.74, 6) is 0. The predicted molar refractivity (Wildman–Crippen MR) is 41.7 cm³/mol. The zero-order valence-electron chi connectivity index (χ0n) is 6.32. The van der Waals surface area contributed by atoms with Crippen molar-refractivity contribution < 1.29 is 0 Å². The predicted octanol–water partition coefficient (Wildman–Crippen LogP) is 0.493. The topological polar surface area (TPSA) is 50.1 Å². The van der Waals surface area contributed by atoms with E-state index in [1.807, 2.05) is 0 Å². The van der Waals surface area contributed by atoms with Gasteiger partial charge in [-0.2, -0.15) is 0 Å². The van der Waals surface area contributed by atoms with Crippen molar-refractivity contribution in [2.45, 2.75) is 32.1 Å². The average molecular weight is 142 g/mol. The monoisotopic (exact) mass is 142 g/mol. The second kappa shape index (κ2) is 4.66. The highest BCUT2D eigenvalue weighted by Crippen LogP contribution is 2.21. The molecular formula is C7H16N3. The summed E-state index contributed by atoms with van der Waals surface area (Å²) < 4.78 is 0. The van der Waals surface area contributed by atoms with E-state index in [1.54, 1.807) is 0 Å². The SMILES string of the molecule is NCNN[C]1CCCCC1. The van der Waals surface area contributed by atoms with Gasteiger partial charge in [-0.05, 0) is 12.8 Å². The molecule has 0 atom stereocenters. The molecule has 0 aromatic carbocycles. The van der Waals surface area contributed by atoms with Gasteiger partial charge < -0.3 is 5.73 Å². The molecule has 0 spiro atoms. The van der Waals surface area contributed by atoms with Crippen LogP contribution in [0.15, 0.2) is 0 Å². The van der Waals surface area contributed by atoms with Gasteiger partial charge in [0.2, 0.25) is 0 Å². The maximum Gasteiger partial charge on any atom is 0.0564 e. The maximum absolute atomic E-state index is 5.26. The molecule has 1 aliphatic rings. The van der Waals surface area contributed by atoms with Gasteiger partial charge >= 0.3 is 0 Å². The van der Waals surface area contributed by atoms with Gasteiger partial charge in [0, 0.05) is 0 Å². The number of hydrogen-bond donors (Lipinski definition) is 3. The van der Waals surface area contributed by atoms with E-state index >= 15 is 0 Å². The summed E-state index contributed by atoms with van der Waals surface area (Å²) in [4.78, 5) is 0. The summed E-state index contributed by atoms with van der Waals surface area (Å²) in [6.07, 6.45) is 6.47. The Hall–Kier alpha value is -0.120. The molecule has 10 heavy (non-hydrogen) atoms. The highest BCUT2D eigenvalue weighted by atomic mass is 15.4. The van der Waals surface area contributed by atoms with E-state index in [-0.39, 0.29) is 0 Å². The third-order valence-corrected chi connectivity index (χ3v) is 1.82. The fourth-order valence-electron chi connectivity index (χ4n) is 1.28. The first kappa shape index (κ1) is 7.98. The molecule has 0 heterocycles.